The van der Waals surface area contributed by atoms with Crippen molar-refractivity contribution in [1.82, 2.24) is 52.3 Å². The van der Waals surface area contributed by atoms with E-state index in [9.17, 15) is 67.7 Å². The maximum Gasteiger partial charge on any atom is 0.245 e. The minimum Gasteiger partial charge on any atom is -0.508 e. The molecule has 2 fully saturated rings. The van der Waals surface area contributed by atoms with E-state index in [1.807, 2.05) is 0 Å². The van der Waals surface area contributed by atoms with E-state index in [4.69, 9.17) is 28.7 Å². The lowest BCUT2D eigenvalue weighted by atomic mass is 10.0. The van der Waals surface area contributed by atoms with Crippen LogP contribution in [0.3, 0.4) is 0 Å². The fraction of sp³-hybridized carbons (Fsp3) is 0.613. The van der Waals surface area contributed by atoms with Gasteiger partial charge in [0.15, 0.2) is 0 Å². The summed E-state index contributed by atoms with van der Waals surface area (Å²) in [7, 11) is 0. The number of hydrogen-bond donors (Lipinski definition) is 15. The highest BCUT2D eigenvalue weighted by Crippen LogP contribution is 2.23. The van der Waals surface area contributed by atoms with Gasteiger partial charge in [0, 0.05) is 19.5 Å². The minimum atomic E-state index is -1.73. The number of aromatic hydroxyl groups is 1. The number of primary amides is 2. The van der Waals surface area contributed by atoms with Crippen LogP contribution >= 0.6 is 0 Å². The number of hydrogen-bond acceptors (Lipinski definition) is 17. The number of nitrogens with two attached hydrogens (primary N) is 5. The van der Waals surface area contributed by atoms with Gasteiger partial charge in [-0.3, -0.25) is 57.5 Å². The predicted octanol–water partition coefficient (Wildman–Crippen LogP) is -2.91. The predicted molar refractivity (Wildman–Crippen MR) is 335 cm³/mol. The van der Waals surface area contributed by atoms with Crippen molar-refractivity contribution in [2.24, 2.45) is 40.5 Å². The van der Waals surface area contributed by atoms with Crippen LogP contribution in [0.1, 0.15) is 129 Å². The lowest BCUT2D eigenvalue weighted by molar-refractivity contribution is -0.143. The Morgan fingerprint density at radius 3 is 1.59 bits per heavy atom. The lowest BCUT2D eigenvalue weighted by Crippen LogP contribution is -2.60. The number of unbranched alkanes of at least 4 members (excludes halogenated alkanes) is 2. The summed E-state index contributed by atoms with van der Waals surface area (Å²) in [4.78, 5) is 167. The van der Waals surface area contributed by atoms with Crippen LogP contribution in [0.2, 0.25) is 0 Å². The minimum absolute atomic E-state index is 0.0533. The van der Waals surface area contributed by atoms with Crippen LogP contribution in [-0.4, -0.2) is 191 Å². The summed E-state index contributed by atoms with van der Waals surface area (Å²) in [6.07, 6.45) is 2.59. The van der Waals surface area contributed by atoms with Gasteiger partial charge in [-0.2, -0.15) is 0 Å². The number of carbonyl (C=O) groups is 12. The summed E-state index contributed by atoms with van der Waals surface area (Å²) in [6.45, 7) is 7.21. The maximum absolute atomic E-state index is 14.4. The smallest absolute Gasteiger partial charge is 0.245 e. The third-order valence-electron chi connectivity index (χ3n) is 15.7. The number of phenolic OH excluding ortho intramolecular Hbond substituents is 1. The molecule has 2 heterocycles. The first-order chi connectivity index (χ1) is 43.2. The standard InChI is InChI=1S/C62H97N15O14/c1-36(2)28-45(74-60(89)50-19-13-27-77(50)62(91)49(29-37(3)4)75-59(88)48(33-52(67)81)72-54(83)42(65)30-38-14-6-5-7-15-38)55(84)68-34-53(82)69-47(32-51(66)80)58(87)73-46(31-39-20-22-41(79)23-21-39)57(86)70-43(17-8-10-24-63)56(85)71-44(18-9-11-25-64)61(90)76-26-12-16-40(76)35-78/h5-7,14-15,20-23,36-37,40,42-50,78-79H,8-13,16-19,24-35,63-65H2,1-4H3,(H2,66,80)(H2,67,81)(H,68,84)(H,69,82)(H,70,86)(H,71,85)(H,72,83)(H,73,87)(H,74,89)(H,75,88)/t40-,42-,43-,44-,45-,46-,47-,48-,49-,50-/m1/s1. The molecule has 91 heavy (non-hydrogen) atoms. The van der Waals surface area contributed by atoms with Crippen molar-refractivity contribution in [3.8, 4) is 5.75 Å². The van der Waals surface area contributed by atoms with Gasteiger partial charge in [0.05, 0.1) is 38.1 Å². The zero-order valence-corrected chi connectivity index (χ0v) is 52.8. The normalized spacial score (nSPS) is 17.3. The number of rotatable bonds is 39. The first-order valence-corrected chi connectivity index (χ1v) is 31.4. The zero-order valence-electron chi connectivity index (χ0n) is 52.8. The van der Waals surface area contributed by atoms with E-state index < -0.39 is 151 Å². The quantitative estimate of drug-likeness (QED) is 0.0298. The lowest BCUT2D eigenvalue weighted by Gasteiger charge is -2.31. The van der Waals surface area contributed by atoms with E-state index in [1.165, 1.54) is 34.1 Å². The summed E-state index contributed by atoms with van der Waals surface area (Å²) in [5, 5.41) is 40.8. The highest BCUT2D eigenvalue weighted by molar-refractivity contribution is 6.00. The molecule has 2 aliphatic rings. The number of nitrogens with zero attached hydrogens (tertiary/aromatic N) is 2. The van der Waals surface area contributed by atoms with Crippen molar-refractivity contribution in [1.29, 1.82) is 0 Å². The first kappa shape index (κ1) is 75.2. The molecule has 29 nitrogen and oxygen atoms in total. The van der Waals surface area contributed by atoms with Crippen LogP contribution < -0.4 is 71.2 Å². The molecule has 2 aromatic carbocycles. The Labute approximate surface area is 531 Å². The Balaban J connectivity index is 1.48. The number of aliphatic hydroxyl groups excluding tert-OH is 1. The molecule has 504 valence electrons. The van der Waals surface area contributed by atoms with Crippen LogP contribution in [0.5, 0.6) is 5.75 Å². The summed E-state index contributed by atoms with van der Waals surface area (Å²) >= 11 is 0. The molecule has 2 saturated heterocycles. The highest BCUT2D eigenvalue weighted by atomic mass is 16.3. The van der Waals surface area contributed by atoms with E-state index in [-0.39, 0.29) is 82.2 Å². The van der Waals surface area contributed by atoms with Crippen LogP contribution in [0, 0.1) is 11.8 Å². The molecule has 4 rings (SSSR count). The number of amides is 12. The second-order valence-electron chi connectivity index (χ2n) is 24.2. The molecule has 0 aliphatic carbocycles. The van der Waals surface area contributed by atoms with Gasteiger partial charge in [0.2, 0.25) is 70.9 Å². The van der Waals surface area contributed by atoms with Gasteiger partial charge in [-0.15, -0.1) is 0 Å². The number of benzene rings is 2. The summed E-state index contributed by atoms with van der Waals surface area (Å²) in [5.74, 6) is -10.3. The van der Waals surface area contributed by atoms with Crippen LogP contribution in [0.4, 0.5) is 0 Å². The zero-order chi connectivity index (χ0) is 67.3. The first-order valence-electron chi connectivity index (χ1n) is 31.4. The van der Waals surface area contributed by atoms with E-state index >= 15 is 0 Å². The number of aliphatic hydroxyl groups is 1. The number of carbonyl (C=O) groups excluding carboxylic acids is 12. The molecular formula is C62H97N15O14. The molecule has 0 saturated carbocycles. The molecule has 0 spiro atoms. The number of nitrogens with one attached hydrogen (secondary N) is 8. The van der Waals surface area contributed by atoms with Gasteiger partial charge >= 0.3 is 0 Å². The van der Waals surface area contributed by atoms with E-state index in [0.29, 0.717) is 63.6 Å². The monoisotopic (exact) mass is 1280 g/mol. The fourth-order valence-corrected chi connectivity index (χ4v) is 11.0. The molecule has 0 radical (unpaired) electrons. The molecular weight excluding hydrogens is 1180 g/mol. The Morgan fingerprint density at radius 1 is 0.527 bits per heavy atom. The molecule has 12 amide bonds. The molecule has 0 bridgehead atoms. The second kappa shape index (κ2) is 38.4. The SMILES string of the molecule is CC(C)C[C@@H](NC(=O)[C@H]1CCCN1C(=O)[C@@H](CC(C)C)NC(=O)[C@@H](CC(N)=O)NC(=O)[C@H](N)Cc1ccccc1)C(=O)NCC(=O)N[C@H](CC(N)=O)C(=O)N[C@H](Cc1ccc(O)cc1)C(=O)N[C@H](CCCCN)C(=O)N[C@H](CCCCN)C(=O)N1CCC[C@@H]1CO. The van der Waals surface area contributed by atoms with Gasteiger partial charge in [-0.25, -0.2) is 0 Å². The Kier molecular flexibility index (Phi) is 31.7. The molecule has 10 atom stereocenters. The number of likely N-dealkylation sites (tertiary alicyclic amines) is 2. The van der Waals surface area contributed by atoms with Gasteiger partial charge in [0.25, 0.3) is 0 Å². The van der Waals surface area contributed by atoms with Crippen molar-refractivity contribution in [2.75, 3.05) is 39.3 Å². The average Bonchev–Trinajstić information content (AvgIpc) is 2.01. The van der Waals surface area contributed by atoms with Crippen molar-refractivity contribution in [3.05, 3.63) is 65.7 Å². The Morgan fingerprint density at radius 2 is 1.01 bits per heavy atom. The molecule has 2 aromatic rings. The average molecular weight is 1280 g/mol. The summed E-state index contributed by atoms with van der Waals surface area (Å²) in [6, 6.07) is 2.39. The largest absolute Gasteiger partial charge is 0.508 e. The topological polar surface area (TPSA) is 478 Å². The molecule has 2 aliphatic heterocycles. The molecule has 0 unspecified atom stereocenters. The van der Waals surface area contributed by atoms with E-state index in [1.54, 1.807) is 58.0 Å². The second-order valence-corrected chi connectivity index (χ2v) is 24.2. The third kappa shape index (κ3) is 25.5. The Bertz CT molecular complexity index is 2770. The molecule has 0 aromatic heterocycles. The van der Waals surface area contributed by atoms with E-state index in [2.05, 4.69) is 42.5 Å². The Hall–Kier alpha value is -8.28. The van der Waals surface area contributed by atoms with Crippen LogP contribution in [-0.2, 0) is 70.4 Å². The van der Waals surface area contributed by atoms with Gasteiger partial charge < -0.3 is 91.2 Å². The van der Waals surface area contributed by atoms with Crippen LogP contribution in [0.15, 0.2) is 54.6 Å². The van der Waals surface area contributed by atoms with Crippen LogP contribution in [0.25, 0.3) is 0 Å². The van der Waals surface area contributed by atoms with Crippen molar-refractivity contribution in [2.45, 2.75) is 191 Å². The highest BCUT2D eigenvalue weighted by Gasteiger charge is 2.41. The molecule has 29 heteroatoms. The third-order valence-corrected chi connectivity index (χ3v) is 15.7. The maximum atomic E-state index is 14.4. The number of phenols is 1. The molecule has 20 N–H and O–H groups in total. The van der Waals surface area contributed by atoms with Gasteiger partial charge in [-0.05, 0) is 132 Å². The van der Waals surface area contributed by atoms with Gasteiger partial charge in [0.1, 0.15) is 54.1 Å². The van der Waals surface area contributed by atoms with Crippen molar-refractivity contribution >= 4 is 70.9 Å². The van der Waals surface area contributed by atoms with Crippen molar-refractivity contribution < 1.29 is 67.7 Å². The fourth-order valence-electron chi connectivity index (χ4n) is 11.0. The van der Waals surface area contributed by atoms with E-state index in [0.717, 1.165) is 5.56 Å². The van der Waals surface area contributed by atoms with Crippen molar-refractivity contribution in [3.63, 3.8) is 0 Å². The summed E-state index contributed by atoms with van der Waals surface area (Å²) in [5.41, 5.74) is 29.9. The summed E-state index contributed by atoms with van der Waals surface area (Å²) < 4.78 is 0. The van der Waals surface area contributed by atoms with Gasteiger partial charge in [-0.1, -0.05) is 70.2 Å².